The quantitative estimate of drug-likeness (QED) is 0.366. The summed E-state index contributed by atoms with van der Waals surface area (Å²) < 4.78 is 0. The van der Waals surface area contributed by atoms with Gasteiger partial charge in [0.15, 0.2) is 0 Å². The zero-order valence-electron chi connectivity index (χ0n) is 18.5. The van der Waals surface area contributed by atoms with Crippen molar-refractivity contribution in [2.75, 3.05) is 0 Å². The Kier molecular flexibility index (Phi) is 5.56. The van der Waals surface area contributed by atoms with Crippen molar-refractivity contribution in [3.05, 3.63) is 106 Å². The molecule has 2 aromatic rings. The van der Waals surface area contributed by atoms with Gasteiger partial charge in [0.25, 0.3) is 0 Å². The lowest BCUT2D eigenvalue weighted by atomic mass is 9.94. The Hall–Kier alpha value is -3.52. The van der Waals surface area contributed by atoms with Crippen LogP contribution in [0.1, 0.15) is 53.1 Å². The largest absolute Gasteiger partial charge is 0.508 e. The number of phenolic OH excluding ortho intramolecular Hbond substituents is 2. The molecule has 0 heterocycles. The van der Waals surface area contributed by atoms with E-state index in [-0.39, 0.29) is 11.5 Å². The van der Waals surface area contributed by atoms with Crippen LogP contribution in [0.3, 0.4) is 0 Å². The lowest BCUT2D eigenvalue weighted by molar-refractivity contribution is 0.475. The Balaban J connectivity index is 1.94. The average Bonchev–Trinajstić information content (AvgIpc) is 2.93. The van der Waals surface area contributed by atoms with Gasteiger partial charge in [-0.15, -0.1) is 0 Å². The van der Waals surface area contributed by atoms with Crippen molar-refractivity contribution < 1.29 is 10.2 Å². The highest BCUT2D eigenvalue weighted by Crippen LogP contribution is 2.39. The molecule has 31 heavy (non-hydrogen) atoms. The number of aryl methyl sites for hydroxylation is 2. The topological polar surface area (TPSA) is 40.5 Å². The molecule has 0 radical (unpaired) electrons. The molecule has 0 unspecified atom stereocenters. The van der Waals surface area contributed by atoms with Crippen LogP contribution in [-0.4, -0.2) is 10.2 Å². The van der Waals surface area contributed by atoms with Gasteiger partial charge >= 0.3 is 0 Å². The molecule has 2 nitrogen and oxygen atoms in total. The van der Waals surface area contributed by atoms with Crippen LogP contribution in [0.2, 0.25) is 0 Å². The molecule has 0 aliphatic heterocycles. The van der Waals surface area contributed by atoms with Crippen LogP contribution in [0.4, 0.5) is 0 Å². The number of hydrogen-bond acceptors (Lipinski definition) is 2. The van der Waals surface area contributed by atoms with Gasteiger partial charge in [-0.2, -0.15) is 0 Å². The summed E-state index contributed by atoms with van der Waals surface area (Å²) in [7, 11) is 0. The fourth-order valence-corrected chi connectivity index (χ4v) is 4.13. The van der Waals surface area contributed by atoms with Gasteiger partial charge in [-0.05, 0) is 100 Å². The summed E-state index contributed by atoms with van der Waals surface area (Å²) >= 11 is 0. The molecule has 0 aromatic heterocycles. The first-order valence-electron chi connectivity index (χ1n) is 10.7. The molecule has 2 aromatic carbocycles. The molecule has 0 bridgehead atoms. The lowest BCUT2D eigenvalue weighted by Crippen LogP contribution is -1.89. The van der Waals surface area contributed by atoms with E-state index in [2.05, 4.69) is 58.0 Å². The third kappa shape index (κ3) is 4.20. The molecule has 2 aliphatic carbocycles. The third-order valence-electron chi connectivity index (χ3n) is 5.91. The molecular formula is C29H28O2. The van der Waals surface area contributed by atoms with Gasteiger partial charge < -0.3 is 10.2 Å². The van der Waals surface area contributed by atoms with E-state index in [4.69, 9.17) is 0 Å². The second-order valence-corrected chi connectivity index (χ2v) is 8.54. The molecule has 4 rings (SSSR count). The zero-order valence-corrected chi connectivity index (χ0v) is 18.5. The highest BCUT2D eigenvalue weighted by molar-refractivity contribution is 5.96. The highest BCUT2D eigenvalue weighted by atomic mass is 16.3. The SMILES string of the molecule is Cc1cc(C=C(c2ccc(O)cc2)c2ccc(O)cc2)c2c(C)ccc(C(C)C)cc1-2. The fraction of sp³-hybridized carbons (Fsp3) is 0.172. The van der Waals surface area contributed by atoms with Crippen molar-refractivity contribution in [2.45, 2.75) is 33.6 Å². The second kappa shape index (κ2) is 8.31. The number of hydrogen-bond donors (Lipinski definition) is 2. The van der Waals surface area contributed by atoms with Crippen LogP contribution in [-0.2, 0) is 0 Å². The van der Waals surface area contributed by atoms with E-state index in [9.17, 15) is 10.2 Å². The van der Waals surface area contributed by atoms with Crippen LogP contribution in [0.5, 0.6) is 11.5 Å². The normalized spacial score (nSPS) is 11.1. The summed E-state index contributed by atoms with van der Waals surface area (Å²) in [6.07, 6.45) is 2.22. The fourth-order valence-electron chi connectivity index (χ4n) is 4.13. The minimum Gasteiger partial charge on any atom is -0.508 e. The monoisotopic (exact) mass is 408 g/mol. The molecule has 2 heteroatoms. The summed E-state index contributed by atoms with van der Waals surface area (Å²) in [5.41, 5.74) is 10.6. The smallest absolute Gasteiger partial charge is 0.115 e. The predicted molar refractivity (Wildman–Crippen MR) is 130 cm³/mol. The van der Waals surface area contributed by atoms with Crippen LogP contribution >= 0.6 is 0 Å². The predicted octanol–water partition coefficient (Wildman–Crippen LogP) is 7.53. The molecule has 0 fully saturated rings. The maximum atomic E-state index is 9.76. The minimum absolute atomic E-state index is 0.243. The summed E-state index contributed by atoms with van der Waals surface area (Å²) in [5, 5.41) is 19.5. The van der Waals surface area contributed by atoms with E-state index in [0.29, 0.717) is 5.92 Å². The summed E-state index contributed by atoms with van der Waals surface area (Å²) in [5.74, 6) is 0.952. The van der Waals surface area contributed by atoms with Crippen LogP contribution in [0.25, 0.3) is 22.8 Å². The molecule has 156 valence electrons. The van der Waals surface area contributed by atoms with Crippen LogP contribution in [0, 0.1) is 13.8 Å². The first-order chi connectivity index (χ1) is 14.8. The van der Waals surface area contributed by atoms with E-state index in [0.717, 1.165) is 16.7 Å². The van der Waals surface area contributed by atoms with E-state index < -0.39 is 0 Å². The second-order valence-electron chi connectivity index (χ2n) is 8.54. The first-order valence-corrected chi connectivity index (χ1v) is 10.7. The molecule has 2 N–H and O–H groups in total. The molecular weight excluding hydrogens is 380 g/mol. The van der Waals surface area contributed by atoms with Gasteiger partial charge in [-0.1, -0.05) is 62.4 Å². The van der Waals surface area contributed by atoms with Crippen molar-refractivity contribution in [1.82, 2.24) is 0 Å². The van der Waals surface area contributed by atoms with Gasteiger partial charge in [-0.3, -0.25) is 0 Å². The van der Waals surface area contributed by atoms with Gasteiger partial charge in [0.05, 0.1) is 0 Å². The van der Waals surface area contributed by atoms with E-state index in [1.54, 1.807) is 24.3 Å². The van der Waals surface area contributed by atoms with Crippen molar-refractivity contribution in [2.24, 2.45) is 0 Å². The Morgan fingerprint density at radius 1 is 0.710 bits per heavy atom. The maximum absolute atomic E-state index is 9.76. The van der Waals surface area contributed by atoms with Gasteiger partial charge in [0.2, 0.25) is 0 Å². The molecule has 2 aliphatic rings. The van der Waals surface area contributed by atoms with E-state index in [1.165, 1.54) is 33.4 Å². The van der Waals surface area contributed by atoms with Gasteiger partial charge in [-0.25, -0.2) is 0 Å². The van der Waals surface area contributed by atoms with Crippen LogP contribution < -0.4 is 0 Å². The van der Waals surface area contributed by atoms with Gasteiger partial charge in [0, 0.05) is 0 Å². The number of rotatable bonds is 4. The molecule has 0 amide bonds. The van der Waals surface area contributed by atoms with Crippen LogP contribution in [0.15, 0.2) is 72.8 Å². The highest BCUT2D eigenvalue weighted by Gasteiger charge is 2.17. The number of aromatic hydroxyl groups is 2. The number of fused-ring (bicyclic) bond motifs is 1. The van der Waals surface area contributed by atoms with Crippen molar-refractivity contribution in [3.8, 4) is 22.6 Å². The van der Waals surface area contributed by atoms with Crippen molar-refractivity contribution in [3.63, 3.8) is 0 Å². The Morgan fingerprint density at radius 2 is 1.26 bits per heavy atom. The molecule has 0 spiro atoms. The number of phenols is 2. The summed E-state index contributed by atoms with van der Waals surface area (Å²) in [4.78, 5) is 0. The van der Waals surface area contributed by atoms with Gasteiger partial charge in [0.1, 0.15) is 11.5 Å². The average molecular weight is 409 g/mol. The molecule has 0 atom stereocenters. The van der Waals surface area contributed by atoms with Crippen molar-refractivity contribution in [1.29, 1.82) is 0 Å². The summed E-state index contributed by atoms with van der Waals surface area (Å²) in [6.45, 7) is 8.79. The third-order valence-corrected chi connectivity index (χ3v) is 5.91. The Bertz CT molecular complexity index is 1170. The first kappa shape index (κ1) is 20.7. The Labute approximate surface area is 184 Å². The minimum atomic E-state index is 0.243. The number of benzene rings is 2. The van der Waals surface area contributed by atoms with Crippen molar-refractivity contribution >= 4 is 11.6 Å². The van der Waals surface area contributed by atoms with E-state index >= 15 is 0 Å². The van der Waals surface area contributed by atoms with E-state index in [1.807, 2.05) is 24.3 Å². The summed E-state index contributed by atoms with van der Waals surface area (Å²) in [6, 6.07) is 23.6. The maximum Gasteiger partial charge on any atom is 0.115 e. The lowest BCUT2D eigenvalue weighted by Gasteiger charge is -2.11. The Morgan fingerprint density at radius 3 is 1.77 bits per heavy atom. The molecule has 0 saturated carbocycles. The standard InChI is InChI=1S/C29H28O2/c1-18(2)23-6-5-19(3)29-24(15-20(4)27(29)16-23)17-28(21-7-11-25(30)12-8-21)22-9-13-26(31)14-10-22/h5-18,30-31H,1-4H3. The zero-order chi connectivity index (χ0) is 22.1. The molecule has 0 saturated heterocycles.